The highest BCUT2D eigenvalue weighted by Crippen LogP contribution is 1.81. The first kappa shape index (κ1) is 15.1. The molecule has 0 atom stereocenters. The van der Waals surface area contributed by atoms with E-state index in [2.05, 4.69) is 18.8 Å². The van der Waals surface area contributed by atoms with Gasteiger partial charge in [0, 0.05) is 6.54 Å². The maximum atomic E-state index is 10.5. The Kier molecular flexibility index (Phi) is 12.6. The summed E-state index contributed by atoms with van der Waals surface area (Å²) in [5.74, 6) is -1.27. The van der Waals surface area contributed by atoms with Crippen LogP contribution in [0.25, 0.3) is 0 Å². The van der Waals surface area contributed by atoms with Crippen molar-refractivity contribution >= 4 is 11.9 Å². The second kappa shape index (κ2) is 11.6. The van der Waals surface area contributed by atoms with Crippen LogP contribution in [0.4, 0.5) is 0 Å². The summed E-state index contributed by atoms with van der Waals surface area (Å²) in [6, 6.07) is 0. The summed E-state index contributed by atoms with van der Waals surface area (Å²) in [6.07, 6.45) is 3.44. The van der Waals surface area contributed by atoms with Gasteiger partial charge in [0.25, 0.3) is 0 Å². The molecule has 5 heteroatoms. The van der Waals surface area contributed by atoms with E-state index in [1.807, 2.05) is 0 Å². The SMILES string of the molecule is C=CC(=O)NCCCC.O=C(O)CO. The van der Waals surface area contributed by atoms with Crippen molar-refractivity contribution in [1.29, 1.82) is 0 Å². The Morgan fingerprint density at radius 1 is 1.50 bits per heavy atom. The maximum absolute atomic E-state index is 10.5. The highest BCUT2D eigenvalue weighted by Gasteiger charge is 1.88. The summed E-state index contributed by atoms with van der Waals surface area (Å²) in [4.78, 5) is 19.6. The topological polar surface area (TPSA) is 86.6 Å². The molecule has 82 valence electrons. The summed E-state index contributed by atoms with van der Waals surface area (Å²) < 4.78 is 0. The van der Waals surface area contributed by atoms with Crippen molar-refractivity contribution in [1.82, 2.24) is 5.32 Å². The molecule has 0 aromatic carbocycles. The minimum Gasteiger partial charge on any atom is -0.480 e. The molecule has 0 saturated heterocycles. The lowest BCUT2D eigenvalue weighted by Gasteiger charge is -1.97. The van der Waals surface area contributed by atoms with Crippen molar-refractivity contribution in [2.45, 2.75) is 19.8 Å². The zero-order valence-electron chi connectivity index (χ0n) is 8.32. The van der Waals surface area contributed by atoms with Gasteiger partial charge >= 0.3 is 5.97 Å². The molecule has 14 heavy (non-hydrogen) atoms. The van der Waals surface area contributed by atoms with Crippen LogP contribution in [0.2, 0.25) is 0 Å². The number of carboxylic acids is 1. The van der Waals surface area contributed by atoms with Gasteiger partial charge in [-0.1, -0.05) is 19.9 Å². The minimum absolute atomic E-state index is 0.0801. The molecule has 0 saturated carbocycles. The Bertz CT molecular complexity index is 180. The zero-order chi connectivity index (χ0) is 11.4. The molecule has 0 bridgehead atoms. The van der Waals surface area contributed by atoms with Crippen molar-refractivity contribution in [3.8, 4) is 0 Å². The fraction of sp³-hybridized carbons (Fsp3) is 0.556. The third-order valence-electron chi connectivity index (χ3n) is 1.15. The first-order valence-electron chi connectivity index (χ1n) is 4.31. The quantitative estimate of drug-likeness (QED) is 0.438. The number of carbonyl (C=O) groups excluding carboxylic acids is 1. The summed E-state index contributed by atoms with van der Waals surface area (Å²) in [6.45, 7) is 5.40. The summed E-state index contributed by atoms with van der Waals surface area (Å²) in [7, 11) is 0. The zero-order valence-corrected chi connectivity index (χ0v) is 8.32. The van der Waals surface area contributed by atoms with E-state index < -0.39 is 12.6 Å². The number of aliphatic hydroxyl groups is 1. The van der Waals surface area contributed by atoms with Crippen LogP contribution in [-0.2, 0) is 9.59 Å². The lowest BCUT2D eigenvalue weighted by atomic mass is 10.3. The fourth-order valence-corrected chi connectivity index (χ4v) is 0.461. The Balaban J connectivity index is 0. The fourth-order valence-electron chi connectivity index (χ4n) is 0.461. The highest BCUT2D eigenvalue weighted by molar-refractivity contribution is 5.86. The van der Waals surface area contributed by atoms with E-state index in [-0.39, 0.29) is 5.91 Å². The highest BCUT2D eigenvalue weighted by atomic mass is 16.4. The smallest absolute Gasteiger partial charge is 0.329 e. The number of nitrogens with one attached hydrogen (secondary N) is 1. The molecule has 0 rings (SSSR count). The molecule has 0 aliphatic carbocycles. The third kappa shape index (κ3) is 16.9. The van der Waals surface area contributed by atoms with E-state index in [0.717, 1.165) is 19.4 Å². The Morgan fingerprint density at radius 3 is 2.29 bits per heavy atom. The molecule has 1 amide bonds. The lowest BCUT2D eigenvalue weighted by Crippen LogP contribution is -2.21. The van der Waals surface area contributed by atoms with Gasteiger partial charge in [-0.3, -0.25) is 4.79 Å². The van der Waals surface area contributed by atoms with Gasteiger partial charge in [0.1, 0.15) is 6.61 Å². The molecule has 0 radical (unpaired) electrons. The summed E-state index contributed by atoms with van der Waals surface area (Å²) in [5.41, 5.74) is 0. The predicted octanol–water partition coefficient (Wildman–Crippen LogP) is 0.152. The third-order valence-corrected chi connectivity index (χ3v) is 1.15. The number of hydrogen-bond donors (Lipinski definition) is 3. The van der Waals surface area contributed by atoms with Gasteiger partial charge in [-0.2, -0.15) is 0 Å². The maximum Gasteiger partial charge on any atom is 0.329 e. The van der Waals surface area contributed by atoms with Crippen molar-refractivity contribution < 1.29 is 19.8 Å². The second-order valence-electron chi connectivity index (χ2n) is 2.40. The Morgan fingerprint density at radius 2 is 2.00 bits per heavy atom. The van der Waals surface area contributed by atoms with Gasteiger partial charge in [0.05, 0.1) is 0 Å². The monoisotopic (exact) mass is 203 g/mol. The molecule has 0 aliphatic rings. The normalized spacial score (nSPS) is 8.14. The van der Waals surface area contributed by atoms with Crippen molar-refractivity contribution in [3.05, 3.63) is 12.7 Å². The average Bonchev–Trinajstić information content (AvgIpc) is 2.19. The van der Waals surface area contributed by atoms with Crippen molar-refractivity contribution in [3.63, 3.8) is 0 Å². The van der Waals surface area contributed by atoms with Crippen LogP contribution < -0.4 is 5.32 Å². The van der Waals surface area contributed by atoms with Gasteiger partial charge in [0.2, 0.25) is 5.91 Å². The standard InChI is InChI=1S/C7H13NO.C2H4O3/c1-3-5-6-8-7(9)4-2;3-1-2(4)5/h4H,2-3,5-6H2,1H3,(H,8,9);3H,1H2,(H,4,5). The van der Waals surface area contributed by atoms with Crippen LogP contribution in [0.15, 0.2) is 12.7 Å². The van der Waals surface area contributed by atoms with Gasteiger partial charge in [0.15, 0.2) is 0 Å². The number of hydrogen-bond acceptors (Lipinski definition) is 3. The number of rotatable bonds is 5. The summed E-state index contributed by atoms with van der Waals surface area (Å²) >= 11 is 0. The number of aliphatic carboxylic acids is 1. The van der Waals surface area contributed by atoms with Gasteiger partial charge < -0.3 is 15.5 Å². The molecular formula is C9H17NO4. The molecule has 0 fully saturated rings. The van der Waals surface area contributed by atoms with Gasteiger partial charge in [-0.25, -0.2) is 4.79 Å². The molecule has 0 spiro atoms. The van der Waals surface area contributed by atoms with Crippen LogP contribution in [0.1, 0.15) is 19.8 Å². The minimum atomic E-state index is -1.19. The molecule has 0 aromatic rings. The molecule has 3 N–H and O–H groups in total. The van der Waals surface area contributed by atoms with E-state index in [9.17, 15) is 4.79 Å². The Hall–Kier alpha value is -1.36. The van der Waals surface area contributed by atoms with Crippen LogP contribution in [0.5, 0.6) is 0 Å². The molecule has 5 nitrogen and oxygen atoms in total. The van der Waals surface area contributed by atoms with E-state index in [1.165, 1.54) is 6.08 Å². The van der Waals surface area contributed by atoms with E-state index in [1.54, 1.807) is 0 Å². The summed E-state index contributed by atoms with van der Waals surface area (Å²) in [5, 5.41) is 17.7. The van der Waals surface area contributed by atoms with E-state index in [4.69, 9.17) is 15.0 Å². The molecule has 0 unspecified atom stereocenters. The lowest BCUT2D eigenvalue weighted by molar-refractivity contribution is -0.140. The van der Waals surface area contributed by atoms with Crippen molar-refractivity contribution in [2.24, 2.45) is 0 Å². The number of carboxylic acid groups (broad SMARTS) is 1. The predicted molar refractivity (Wildman–Crippen MR) is 52.8 cm³/mol. The van der Waals surface area contributed by atoms with Crippen molar-refractivity contribution in [2.75, 3.05) is 13.2 Å². The van der Waals surface area contributed by atoms with Crippen LogP contribution >= 0.6 is 0 Å². The Labute approximate surface area is 83.4 Å². The first-order valence-corrected chi connectivity index (χ1v) is 4.31. The second-order valence-corrected chi connectivity index (χ2v) is 2.40. The average molecular weight is 203 g/mol. The number of amides is 1. The van der Waals surface area contributed by atoms with Gasteiger partial charge in [-0.05, 0) is 12.5 Å². The van der Waals surface area contributed by atoms with E-state index >= 15 is 0 Å². The van der Waals surface area contributed by atoms with Crippen LogP contribution in [-0.4, -0.2) is 35.2 Å². The van der Waals surface area contributed by atoms with Gasteiger partial charge in [-0.15, -0.1) is 0 Å². The van der Waals surface area contributed by atoms with Crippen LogP contribution in [0.3, 0.4) is 0 Å². The number of carbonyl (C=O) groups is 2. The largest absolute Gasteiger partial charge is 0.480 e. The van der Waals surface area contributed by atoms with Crippen LogP contribution in [0, 0.1) is 0 Å². The molecular weight excluding hydrogens is 186 g/mol. The van der Waals surface area contributed by atoms with E-state index in [0.29, 0.717) is 0 Å². The first-order chi connectivity index (χ1) is 6.58. The number of unbranched alkanes of at least 4 members (excludes halogenated alkanes) is 1. The molecule has 0 aromatic heterocycles. The molecule has 0 heterocycles. The number of aliphatic hydroxyl groups excluding tert-OH is 1. The molecule has 0 aliphatic heterocycles.